The van der Waals surface area contributed by atoms with E-state index in [-0.39, 0.29) is 0 Å². The normalized spacial score (nSPS) is 14.2. The van der Waals surface area contributed by atoms with E-state index in [1.165, 1.54) is 24.1 Å². The van der Waals surface area contributed by atoms with E-state index < -0.39 is 0 Å². The van der Waals surface area contributed by atoms with Crippen molar-refractivity contribution in [2.75, 3.05) is 7.11 Å². The molecule has 0 saturated carbocycles. The molecule has 2 heterocycles. The standard InChI is InChI=1S/C16H19BrN2O/c1-10-8-12(9-11(2)14(10)20-3)16-18-15(17)13-6-4-5-7-19(13)16/h8-9H,4-7H2,1-3H3. The molecule has 1 aliphatic rings. The zero-order valence-corrected chi connectivity index (χ0v) is 13.7. The number of aryl methyl sites for hydroxylation is 2. The van der Waals surface area contributed by atoms with Crippen LogP contribution in [-0.4, -0.2) is 16.7 Å². The zero-order chi connectivity index (χ0) is 14.3. The zero-order valence-electron chi connectivity index (χ0n) is 12.2. The third-order valence-electron chi connectivity index (χ3n) is 3.99. The Kier molecular flexibility index (Phi) is 3.59. The molecule has 0 N–H and O–H groups in total. The van der Waals surface area contributed by atoms with Gasteiger partial charge in [0.25, 0.3) is 0 Å². The molecule has 0 atom stereocenters. The van der Waals surface area contributed by atoms with Gasteiger partial charge in [0.2, 0.25) is 0 Å². The van der Waals surface area contributed by atoms with E-state index >= 15 is 0 Å². The average molecular weight is 335 g/mol. The van der Waals surface area contributed by atoms with Gasteiger partial charge in [-0.3, -0.25) is 0 Å². The molecule has 0 aliphatic carbocycles. The van der Waals surface area contributed by atoms with Crippen molar-refractivity contribution in [3.8, 4) is 17.1 Å². The van der Waals surface area contributed by atoms with Crippen LogP contribution in [0.2, 0.25) is 0 Å². The van der Waals surface area contributed by atoms with Gasteiger partial charge in [-0.15, -0.1) is 0 Å². The Bertz CT molecular complexity index is 638. The number of benzene rings is 1. The Hall–Kier alpha value is -1.29. The average Bonchev–Trinajstić information content (AvgIpc) is 2.76. The predicted octanol–water partition coefficient (Wildman–Crippen LogP) is 4.27. The molecule has 0 amide bonds. The highest BCUT2D eigenvalue weighted by Gasteiger charge is 2.20. The van der Waals surface area contributed by atoms with Crippen molar-refractivity contribution in [3.05, 3.63) is 33.6 Å². The van der Waals surface area contributed by atoms with E-state index in [0.717, 1.165) is 40.3 Å². The number of hydrogen-bond acceptors (Lipinski definition) is 2. The second-order valence-electron chi connectivity index (χ2n) is 5.42. The maximum Gasteiger partial charge on any atom is 0.141 e. The first-order chi connectivity index (χ1) is 9.61. The van der Waals surface area contributed by atoms with Crippen LogP contribution in [0.3, 0.4) is 0 Å². The van der Waals surface area contributed by atoms with Crippen LogP contribution in [0.4, 0.5) is 0 Å². The summed E-state index contributed by atoms with van der Waals surface area (Å²) in [6.45, 7) is 5.24. The number of methoxy groups -OCH3 is 1. The minimum absolute atomic E-state index is 0.971. The quantitative estimate of drug-likeness (QED) is 0.819. The molecule has 0 spiro atoms. The minimum Gasteiger partial charge on any atom is -0.496 e. The molecule has 0 unspecified atom stereocenters. The molecule has 0 fully saturated rings. The first kappa shape index (κ1) is 13.7. The smallest absolute Gasteiger partial charge is 0.141 e. The number of ether oxygens (including phenoxy) is 1. The molecule has 0 saturated heterocycles. The predicted molar refractivity (Wildman–Crippen MR) is 84.3 cm³/mol. The first-order valence-electron chi connectivity index (χ1n) is 7.02. The van der Waals surface area contributed by atoms with Gasteiger partial charge in [0.05, 0.1) is 12.8 Å². The van der Waals surface area contributed by atoms with Gasteiger partial charge in [-0.05, 0) is 72.3 Å². The molecule has 3 nitrogen and oxygen atoms in total. The number of imidazole rings is 1. The van der Waals surface area contributed by atoms with Crippen LogP contribution < -0.4 is 4.74 Å². The number of fused-ring (bicyclic) bond motifs is 1. The lowest BCUT2D eigenvalue weighted by atomic mass is 10.0. The lowest BCUT2D eigenvalue weighted by Crippen LogP contribution is -2.11. The van der Waals surface area contributed by atoms with Crippen molar-refractivity contribution in [3.63, 3.8) is 0 Å². The van der Waals surface area contributed by atoms with Crippen LogP contribution in [0.15, 0.2) is 16.7 Å². The van der Waals surface area contributed by atoms with Gasteiger partial charge in [-0.25, -0.2) is 4.98 Å². The number of aromatic nitrogens is 2. The number of rotatable bonds is 2. The highest BCUT2D eigenvalue weighted by atomic mass is 79.9. The fraction of sp³-hybridized carbons (Fsp3) is 0.438. The second-order valence-corrected chi connectivity index (χ2v) is 6.18. The largest absolute Gasteiger partial charge is 0.496 e. The van der Waals surface area contributed by atoms with Crippen LogP contribution in [-0.2, 0) is 13.0 Å². The molecule has 1 aromatic heterocycles. The Morgan fingerprint density at radius 3 is 2.55 bits per heavy atom. The molecule has 0 bridgehead atoms. The molecule has 1 aliphatic heterocycles. The van der Waals surface area contributed by atoms with Crippen molar-refractivity contribution >= 4 is 15.9 Å². The summed E-state index contributed by atoms with van der Waals surface area (Å²) in [6, 6.07) is 4.34. The van der Waals surface area contributed by atoms with Crippen molar-refractivity contribution in [1.29, 1.82) is 0 Å². The van der Waals surface area contributed by atoms with Gasteiger partial charge in [0, 0.05) is 12.1 Å². The molecule has 106 valence electrons. The van der Waals surface area contributed by atoms with E-state index in [1.807, 2.05) is 0 Å². The van der Waals surface area contributed by atoms with E-state index in [1.54, 1.807) is 7.11 Å². The number of nitrogens with zero attached hydrogens (tertiary/aromatic N) is 2. The van der Waals surface area contributed by atoms with Crippen LogP contribution in [0.5, 0.6) is 5.75 Å². The third kappa shape index (κ3) is 2.16. The number of hydrogen-bond donors (Lipinski definition) is 0. The van der Waals surface area contributed by atoms with Gasteiger partial charge in [-0.2, -0.15) is 0 Å². The summed E-state index contributed by atoms with van der Waals surface area (Å²) in [7, 11) is 1.73. The molecule has 2 aromatic rings. The summed E-state index contributed by atoms with van der Waals surface area (Å²) in [6.07, 6.45) is 3.60. The van der Waals surface area contributed by atoms with E-state index in [2.05, 4.69) is 46.5 Å². The van der Waals surface area contributed by atoms with Crippen molar-refractivity contribution in [2.45, 2.75) is 39.7 Å². The molecule has 0 radical (unpaired) electrons. The monoisotopic (exact) mass is 334 g/mol. The van der Waals surface area contributed by atoms with Gasteiger partial charge in [0.15, 0.2) is 0 Å². The van der Waals surface area contributed by atoms with Crippen LogP contribution in [0.25, 0.3) is 11.4 Å². The molecule has 1 aromatic carbocycles. The molecular formula is C16H19BrN2O. The van der Waals surface area contributed by atoms with Gasteiger partial charge in [0.1, 0.15) is 16.2 Å². The minimum atomic E-state index is 0.971. The topological polar surface area (TPSA) is 27.1 Å². The maximum absolute atomic E-state index is 5.45. The van der Waals surface area contributed by atoms with E-state index in [0.29, 0.717) is 0 Å². The SMILES string of the molecule is COc1c(C)cc(-c2nc(Br)c3n2CCCC3)cc1C. The van der Waals surface area contributed by atoms with Crippen LogP contribution >= 0.6 is 15.9 Å². The lowest BCUT2D eigenvalue weighted by molar-refractivity contribution is 0.408. The van der Waals surface area contributed by atoms with E-state index in [9.17, 15) is 0 Å². The molecule has 4 heteroatoms. The third-order valence-corrected chi connectivity index (χ3v) is 4.63. The highest BCUT2D eigenvalue weighted by molar-refractivity contribution is 9.10. The molecule has 3 rings (SSSR count). The summed E-state index contributed by atoms with van der Waals surface area (Å²) in [5.41, 5.74) is 4.82. The highest BCUT2D eigenvalue weighted by Crippen LogP contribution is 2.33. The second kappa shape index (κ2) is 5.24. The number of halogens is 1. The van der Waals surface area contributed by atoms with Gasteiger partial charge < -0.3 is 9.30 Å². The summed E-state index contributed by atoms with van der Waals surface area (Å²) in [4.78, 5) is 4.74. The molecular weight excluding hydrogens is 316 g/mol. The van der Waals surface area contributed by atoms with Crippen LogP contribution in [0.1, 0.15) is 29.7 Å². The van der Waals surface area contributed by atoms with Crippen molar-refractivity contribution in [2.24, 2.45) is 0 Å². The Balaban J connectivity index is 2.14. The molecule has 20 heavy (non-hydrogen) atoms. The summed E-state index contributed by atoms with van der Waals surface area (Å²) in [5.74, 6) is 2.04. The van der Waals surface area contributed by atoms with Crippen LogP contribution in [0, 0.1) is 13.8 Å². The van der Waals surface area contributed by atoms with Crippen molar-refractivity contribution in [1.82, 2.24) is 9.55 Å². The maximum atomic E-state index is 5.45. The van der Waals surface area contributed by atoms with Gasteiger partial charge >= 0.3 is 0 Å². The summed E-state index contributed by atoms with van der Waals surface area (Å²) in [5, 5.41) is 0. The Labute approximate surface area is 128 Å². The fourth-order valence-electron chi connectivity index (χ4n) is 3.12. The van der Waals surface area contributed by atoms with E-state index in [4.69, 9.17) is 9.72 Å². The van der Waals surface area contributed by atoms with Crippen molar-refractivity contribution < 1.29 is 4.74 Å². The lowest BCUT2D eigenvalue weighted by Gasteiger charge is -2.17. The Morgan fingerprint density at radius 1 is 1.20 bits per heavy atom. The summed E-state index contributed by atoms with van der Waals surface area (Å²) < 4.78 is 8.80. The van der Waals surface area contributed by atoms with Gasteiger partial charge in [-0.1, -0.05) is 0 Å². The fourth-order valence-corrected chi connectivity index (χ4v) is 3.70. The summed E-state index contributed by atoms with van der Waals surface area (Å²) >= 11 is 3.61. The Morgan fingerprint density at radius 2 is 1.90 bits per heavy atom. The first-order valence-corrected chi connectivity index (χ1v) is 7.81.